The third-order valence-corrected chi connectivity index (χ3v) is 2.67. The van der Waals surface area contributed by atoms with Gasteiger partial charge in [0.15, 0.2) is 0 Å². The molecule has 18 heavy (non-hydrogen) atoms. The topological polar surface area (TPSA) is 38.3 Å². The largest absolute Gasteiger partial charge is 0.469 e. The van der Waals surface area contributed by atoms with Gasteiger partial charge in [0.05, 0.1) is 13.5 Å². The Morgan fingerprint density at radius 3 is 2.78 bits per heavy atom. The van der Waals surface area contributed by atoms with Gasteiger partial charge < -0.3 is 10.1 Å². The minimum absolute atomic E-state index is 0.213. The first-order valence-corrected chi connectivity index (χ1v) is 6.05. The third kappa shape index (κ3) is 5.03. The number of terminal acetylenes is 1. The van der Waals surface area contributed by atoms with Crippen molar-refractivity contribution in [2.75, 3.05) is 13.7 Å². The lowest BCUT2D eigenvalue weighted by atomic mass is 10.0. The molecule has 0 aliphatic carbocycles. The Labute approximate surface area is 109 Å². The van der Waals surface area contributed by atoms with Gasteiger partial charge in [-0.3, -0.25) is 4.79 Å². The Kier molecular flexibility index (Phi) is 6.60. The summed E-state index contributed by atoms with van der Waals surface area (Å²) in [4.78, 5) is 11.3. The molecule has 96 valence electrons. The van der Waals surface area contributed by atoms with Crippen LogP contribution in [0.2, 0.25) is 0 Å². The second kappa shape index (κ2) is 8.32. The van der Waals surface area contributed by atoms with Crippen molar-refractivity contribution in [3.63, 3.8) is 0 Å². The molecule has 1 aromatic rings. The maximum absolute atomic E-state index is 11.3. The van der Waals surface area contributed by atoms with E-state index in [4.69, 9.17) is 6.42 Å². The lowest BCUT2D eigenvalue weighted by molar-refractivity contribution is -0.139. The molecule has 0 aliphatic rings. The Balaban J connectivity index is 2.49. The van der Waals surface area contributed by atoms with Crippen molar-refractivity contribution in [1.82, 2.24) is 5.32 Å². The van der Waals surface area contributed by atoms with Crippen molar-refractivity contribution < 1.29 is 9.53 Å². The summed E-state index contributed by atoms with van der Waals surface area (Å²) in [5.74, 6) is 2.40. The van der Waals surface area contributed by atoms with Crippen LogP contribution in [0.1, 0.15) is 24.0 Å². The standard InChI is InChI=1S/C15H19NO2/c1-3-4-7-10-16-12-14-9-6-5-8-13(14)11-15(17)18-2/h1,5-6,8-9,16H,4,7,10-12H2,2H3. The Morgan fingerprint density at radius 1 is 1.39 bits per heavy atom. The monoisotopic (exact) mass is 245 g/mol. The number of carbonyl (C=O) groups is 1. The number of ether oxygens (including phenoxy) is 1. The summed E-state index contributed by atoms with van der Waals surface area (Å²) in [6, 6.07) is 7.88. The van der Waals surface area contributed by atoms with Crippen LogP contribution in [0, 0.1) is 12.3 Å². The number of hydrogen-bond donors (Lipinski definition) is 1. The minimum Gasteiger partial charge on any atom is -0.469 e. The zero-order valence-electron chi connectivity index (χ0n) is 10.7. The van der Waals surface area contributed by atoms with E-state index in [2.05, 4.69) is 16.0 Å². The fourth-order valence-corrected chi connectivity index (χ4v) is 1.67. The van der Waals surface area contributed by atoms with Gasteiger partial charge in [-0.1, -0.05) is 24.3 Å². The van der Waals surface area contributed by atoms with Crippen LogP contribution < -0.4 is 5.32 Å². The quantitative estimate of drug-likeness (QED) is 0.453. The fraction of sp³-hybridized carbons (Fsp3) is 0.400. The molecule has 0 fully saturated rings. The van der Waals surface area contributed by atoms with Crippen LogP contribution in [0.15, 0.2) is 24.3 Å². The number of carbonyl (C=O) groups excluding carboxylic acids is 1. The predicted octanol–water partition coefficient (Wildman–Crippen LogP) is 1.91. The smallest absolute Gasteiger partial charge is 0.309 e. The molecular weight excluding hydrogens is 226 g/mol. The number of benzene rings is 1. The molecule has 3 nitrogen and oxygen atoms in total. The van der Waals surface area contributed by atoms with E-state index in [0.717, 1.165) is 37.1 Å². The van der Waals surface area contributed by atoms with Gasteiger partial charge in [0.1, 0.15) is 0 Å². The number of unbranched alkanes of at least 4 members (excludes halogenated alkanes) is 1. The van der Waals surface area contributed by atoms with Gasteiger partial charge in [-0.15, -0.1) is 12.3 Å². The van der Waals surface area contributed by atoms with E-state index in [1.807, 2.05) is 24.3 Å². The molecule has 0 saturated carbocycles. The molecule has 0 saturated heterocycles. The SMILES string of the molecule is C#CCCCNCc1ccccc1CC(=O)OC. The summed E-state index contributed by atoms with van der Waals surface area (Å²) in [5, 5.41) is 3.32. The molecule has 1 N–H and O–H groups in total. The number of esters is 1. The zero-order chi connectivity index (χ0) is 13.2. The van der Waals surface area contributed by atoms with Crippen LogP contribution in [0.3, 0.4) is 0 Å². The van der Waals surface area contributed by atoms with Gasteiger partial charge in [0.2, 0.25) is 0 Å². The van der Waals surface area contributed by atoms with E-state index in [1.165, 1.54) is 7.11 Å². The van der Waals surface area contributed by atoms with Crippen LogP contribution in [0.5, 0.6) is 0 Å². The summed E-state index contributed by atoms with van der Waals surface area (Å²) in [7, 11) is 1.41. The Hall–Kier alpha value is -1.79. The van der Waals surface area contributed by atoms with E-state index in [0.29, 0.717) is 6.42 Å². The van der Waals surface area contributed by atoms with E-state index >= 15 is 0 Å². The van der Waals surface area contributed by atoms with Crippen molar-refractivity contribution in [3.05, 3.63) is 35.4 Å². The lowest BCUT2D eigenvalue weighted by Gasteiger charge is -2.09. The maximum atomic E-state index is 11.3. The van der Waals surface area contributed by atoms with Crippen LogP contribution in [-0.2, 0) is 22.5 Å². The molecule has 3 heteroatoms. The zero-order valence-corrected chi connectivity index (χ0v) is 10.7. The molecule has 0 aliphatic heterocycles. The van der Waals surface area contributed by atoms with E-state index in [1.54, 1.807) is 0 Å². The van der Waals surface area contributed by atoms with E-state index in [9.17, 15) is 4.79 Å². The Morgan fingerprint density at radius 2 is 2.11 bits per heavy atom. The summed E-state index contributed by atoms with van der Waals surface area (Å²) in [6.45, 7) is 1.63. The van der Waals surface area contributed by atoms with Gasteiger partial charge in [-0.05, 0) is 24.1 Å². The van der Waals surface area contributed by atoms with Crippen LogP contribution >= 0.6 is 0 Å². The van der Waals surface area contributed by atoms with Crippen molar-refractivity contribution in [1.29, 1.82) is 0 Å². The number of rotatable bonds is 7. The molecule has 1 rings (SSSR count). The molecule has 1 aromatic carbocycles. The molecule has 0 radical (unpaired) electrons. The highest BCUT2D eigenvalue weighted by Crippen LogP contribution is 2.10. The van der Waals surface area contributed by atoms with Crippen molar-refractivity contribution in [2.45, 2.75) is 25.8 Å². The summed E-state index contributed by atoms with van der Waals surface area (Å²) in [6.07, 6.45) is 7.26. The third-order valence-electron chi connectivity index (χ3n) is 2.67. The average Bonchev–Trinajstić information content (AvgIpc) is 2.40. The number of hydrogen-bond acceptors (Lipinski definition) is 3. The van der Waals surface area contributed by atoms with Crippen molar-refractivity contribution >= 4 is 5.97 Å². The number of methoxy groups -OCH3 is 1. The van der Waals surface area contributed by atoms with Gasteiger partial charge in [0, 0.05) is 13.0 Å². The predicted molar refractivity (Wildman–Crippen MR) is 71.9 cm³/mol. The summed E-state index contributed by atoms with van der Waals surface area (Å²) in [5.41, 5.74) is 2.14. The highest BCUT2D eigenvalue weighted by molar-refractivity contribution is 5.72. The lowest BCUT2D eigenvalue weighted by Crippen LogP contribution is -2.16. The molecule has 0 spiro atoms. The van der Waals surface area contributed by atoms with Gasteiger partial charge in [0.25, 0.3) is 0 Å². The van der Waals surface area contributed by atoms with Crippen LogP contribution in [0.25, 0.3) is 0 Å². The minimum atomic E-state index is -0.213. The molecule has 0 amide bonds. The van der Waals surface area contributed by atoms with Crippen molar-refractivity contribution in [3.8, 4) is 12.3 Å². The van der Waals surface area contributed by atoms with Gasteiger partial charge in [-0.25, -0.2) is 0 Å². The first-order chi connectivity index (χ1) is 8.77. The average molecular weight is 245 g/mol. The first-order valence-electron chi connectivity index (χ1n) is 6.05. The molecule has 0 bridgehead atoms. The normalized spacial score (nSPS) is 9.78. The van der Waals surface area contributed by atoms with Gasteiger partial charge in [-0.2, -0.15) is 0 Å². The molecule has 0 heterocycles. The molecule has 0 aromatic heterocycles. The molecular formula is C15H19NO2. The number of nitrogens with one attached hydrogen (secondary N) is 1. The highest BCUT2D eigenvalue weighted by atomic mass is 16.5. The fourth-order valence-electron chi connectivity index (χ4n) is 1.67. The second-order valence-electron chi connectivity index (χ2n) is 4.01. The van der Waals surface area contributed by atoms with Crippen LogP contribution in [0.4, 0.5) is 0 Å². The second-order valence-corrected chi connectivity index (χ2v) is 4.01. The van der Waals surface area contributed by atoms with Gasteiger partial charge >= 0.3 is 5.97 Å². The van der Waals surface area contributed by atoms with Crippen molar-refractivity contribution in [2.24, 2.45) is 0 Å². The maximum Gasteiger partial charge on any atom is 0.309 e. The Bertz CT molecular complexity index is 421. The highest BCUT2D eigenvalue weighted by Gasteiger charge is 2.06. The summed E-state index contributed by atoms with van der Waals surface area (Å²) >= 11 is 0. The van der Waals surface area contributed by atoms with E-state index < -0.39 is 0 Å². The molecule has 0 atom stereocenters. The van der Waals surface area contributed by atoms with E-state index in [-0.39, 0.29) is 5.97 Å². The first kappa shape index (κ1) is 14.3. The molecule has 0 unspecified atom stereocenters. The summed E-state index contributed by atoms with van der Waals surface area (Å²) < 4.78 is 4.69. The van der Waals surface area contributed by atoms with Crippen LogP contribution in [-0.4, -0.2) is 19.6 Å².